The quantitative estimate of drug-likeness (QED) is 0.775. The summed E-state index contributed by atoms with van der Waals surface area (Å²) < 4.78 is 0. The fourth-order valence-corrected chi connectivity index (χ4v) is 3.36. The Morgan fingerprint density at radius 3 is 2.29 bits per heavy atom. The van der Waals surface area contributed by atoms with E-state index in [0.717, 1.165) is 12.5 Å². The maximum atomic E-state index is 3.55. The van der Waals surface area contributed by atoms with Gasteiger partial charge in [0.05, 0.1) is 0 Å². The van der Waals surface area contributed by atoms with Crippen LogP contribution in [0.1, 0.15) is 52.1 Å². The topological polar surface area (TPSA) is 15.3 Å². The van der Waals surface area contributed by atoms with E-state index in [0.29, 0.717) is 12.1 Å². The lowest BCUT2D eigenvalue weighted by molar-refractivity contribution is 0.110. The maximum Gasteiger partial charge on any atom is 0.0381 e. The minimum atomic E-state index is 0.204. The van der Waals surface area contributed by atoms with Crippen molar-refractivity contribution in [1.82, 2.24) is 10.2 Å². The number of nitrogens with zero attached hydrogens (tertiary/aromatic N) is 1. The average Bonchev–Trinajstić information content (AvgIpc) is 3.23. The summed E-state index contributed by atoms with van der Waals surface area (Å²) in [7, 11) is 2.08. The molecular formula is C19H32N2. The normalized spacial score (nSPS) is 17.5. The summed E-state index contributed by atoms with van der Waals surface area (Å²) in [6.07, 6.45) is 2.86. The molecule has 0 saturated heterocycles. The average molecular weight is 288 g/mol. The van der Waals surface area contributed by atoms with Crippen molar-refractivity contribution in [2.24, 2.45) is 11.3 Å². The van der Waals surface area contributed by atoms with Crippen molar-refractivity contribution in [3.05, 3.63) is 35.9 Å². The molecule has 1 saturated carbocycles. The SMILES string of the molecule is CNC(c1ccccc1)C(C)(C)CN(CC1CC1)C(C)C. The van der Waals surface area contributed by atoms with Gasteiger partial charge in [0, 0.05) is 25.2 Å². The third-order valence-electron chi connectivity index (χ3n) is 4.73. The van der Waals surface area contributed by atoms with E-state index in [2.05, 4.69) is 75.3 Å². The van der Waals surface area contributed by atoms with Crippen LogP contribution >= 0.6 is 0 Å². The first kappa shape index (κ1) is 16.5. The molecular weight excluding hydrogens is 256 g/mol. The molecule has 0 bridgehead atoms. The predicted molar refractivity (Wildman–Crippen MR) is 91.5 cm³/mol. The van der Waals surface area contributed by atoms with Crippen LogP contribution in [0.4, 0.5) is 0 Å². The number of hydrogen-bond acceptors (Lipinski definition) is 2. The summed E-state index contributed by atoms with van der Waals surface area (Å²) >= 11 is 0. The first-order valence-corrected chi connectivity index (χ1v) is 8.40. The first-order valence-electron chi connectivity index (χ1n) is 8.40. The lowest BCUT2D eigenvalue weighted by Crippen LogP contribution is -2.45. The Balaban J connectivity index is 2.09. The molecule has 1 unspecified atom stereocenters. The zero-order valence-corrected chi connectivity index (χ0v) is 14.4. The van der Waals surface area contributed by atoms with Crippen molar-refractivity contribution in [2.75, 3.05) is 20.1 Å². The molecule has 1 aromatic rings. The van der Waals surface area contributed by atoms with Gasteiger partial charge in [-0.25, -0.2) is 0 Å². The van der Waals surface area contributed by atoms with E-state index in [4.69, 9.17) is 0 Å². The standard InChI is InChI=1S/C19H32N2/c1-15(2)21(13-16-11-12-16)14-19(3,4)18(20-5)17-9-7-6-8-10-17/h6-10,15-16,18,20H,11-14H2,1-5H3. The zero-order chi connectivity index (χ0) is 15.5. The van der Waals surface area contributed by atoms with Gasteiger partial charge in [-0.3, -0.25) is 0 Å². The molecule has 2 nitrogen and oxygen atoms in total. The van der Waals surface area contributed by atoms with E-state index < -0.39 is 0 Å². The van der Waals surface area contributed by atoms with Crippen LogP contribution in [0.3, 0.4) is 0 Å². The van der Waals surface area contributed by atoms with Crippen molar-refractivity contribution in [3.63, 3.8) is 0 Å². The molecule has 0 aliphatic heterocycles. The maximum absolute atomic E-state index is 3.55. The van der Waals surface area contributed by atoms with Crippen LogP contribution in [0.15, 0.2) is 30.3 Å². The summed E-state index contributed by atoms with van der Waals surface area (Å²) in [5.74, 6) is 0.952. The van der Waals surface area contributed by atoms with Crippen LogP contribution in [0.5, 0.6) is 0 Å². The molecule has 1 aliphatic carbocycles. The number of hydrogen-bond donors (Lipinski definition) is 1. The summed E-state index contributed by atoms with van der Waals surface area (Å²) in [6, 6.07) is 11.9. The van der Waals surface area contributed by atoms with E-state index in [-0.39, 0.29) is 5.41 Å². The van der Waals surface area contributed by atoms with Crippen molar-refractivity contribution < 1.29 is 0 Å². The molecule has 0 amide bonds. The lowest BCUT2D eigenvalue weighted by Gasteiger charge is -2.40. The van der Waals surface area contributed by atoms with Crippen LogP contribution < -0.4 is 5.32 Å². The van der Waals surface area contributed by atoms with E-state index in [1.165, 1.54) is 24.9 Å². The third-order valence-corrected chi connectivity index (χ3v) is 4.73. The molecule has 0 spiro atoms. The van der Waals surface area contributed by atoms with Crippen molar-refractivity contribution >= 4 is 0 Å². The highest BCUT2D eigenvalue weighted by molar-refractivity contribution is 5.21. The summed E-state index contributed by atoms with van der Waals surface area (Å²) in [5.41, 5.74) is 1.59. The molecule has 2 rings (SSSR count). The molecule has 21 heavy (non-hydrogen) atoms. The van der Waals surface area contributed by atoms with Crippen LogP contribution in [-0.2, 0) is 0 Å². The summed E-state index contributed by atoms with van der Waals surface area (Å²) in [4.78, 5) is 2.67. The van der Waals surface area contributed by atoms with E-state index >= 15 is 0 Å². The number of benzene rings is 1. The third kappa shape index (κ3) is 4.55. The van der Waals surface area contributed by atoms with Gasteiger partial charge in [-0.05, 0) is 50.6 Å². The largest absolute Gasteiger partial charge is 0.313 e. The fourth-order valence-electron chi connectivity index (χ4n) is 3.36. The van der Waals surface area contributed by atoms with Crippen molar-refractivity contribution in [1.29, 1.82) is 0 Å². The van der Waals surface area contributed by atoms with Crippen LogP contribution in [0.25, 0.3) is 0 Å². The molecule has 2 heteroatoms. The van der Waals surface area contributed by atoms with Crippen LogP contribution in [0.2, 0.25) is 0 Å². The summed E-state index contributed by atoms with van der Waals surface area (Å²) in [6.45, 7) is 11.9. The molecule has 0 heterocycles. The number of rotatable bonds is 8. The molecule has 1 aliphatic rings. The molecule has 1 aromatic carbocycles. The van der Waals surface area contributed by atoms with E-state index in [1.807, 2.05) is 0 Å². The van der Waals surface area contributed by atoms with Crippen molar-refractivity contribution in [2.45, 2.75) is 52.6 Å². The highest BCUT2D eigenvalue weighted by Gasteiger charge is 2.34. The fraction of sp³-hybridized carbons (Fsp3) is 0.684. The lowest BCUT2D eigenvalue weighted by atomic mass is 9.79. The predicted octanol–water partition coefficient (Wildman–Crippen LogP) is 4.09. The minimum absolute atomic E-state index is 0.204. The van der Waals surface area contributed by atoms with Gasteiger partial charge in [-0.1, -0.05) is 44.2 Å². The van der Waals surface area contributed by atoms with Gasteiger partial charge < -0.3 is 10.2 Å². The second-order valence-corrected chi connectivity index (χ2v) is 7.59. The van der Waals surface area contributed by atoms with Crippen LogP contribution in [-0.4, -0.2) is 31.1 Å². The smallest absolute Gasteiger partial charge is 0.0381 e. The Hall–Kier alpha value is -0.860. The van der Waals surface area contributed by atoms with Gasteiger partial charge in [-0.15, -0.1) is 0 Å². The van der Waals surface area contributed by atoms with Crippen LogP contribution in [0, 0.1) is 11.3 Å². The second-order valence-electron chi connectivity index (χ2n) is 7.59. The minimum Gasteiger partial charge on any atom is -0.313 e. The highest BCUT2D eigenvalue weighted by Crippen LogP contribution is 2.36. The Bertz CT molecular complexity index is 420. The first-order chi connectivity index (χ1) is 9.94. The Labute approximate surface area is 130 Å². The Morgan fingerprint density at radius 2 is 1.81 bits per heavy atom. The molecule has 1 fully saturated rings. The Kier molecular flexibility index (Phi) is 5.45. The van der Waals surface area contributed by atoms with Gasteiger partial charge in [0.15, 0.2) is 0 Å². The van der Waals surface area contributed by atoms with Gasteiger partial charge in [0.25, 0.3) is 0 Å². The van der Waals surface area contributed by atoms with E-state index in [1.54, 1.807) is 0 Å². The highest BCUT2D eigenvalue weighted by atomic mass is 15.2. The van der Waals surface area contributed by atoms with E-state index in [9.17, 15) is 0 Å². The Morgan fingerprint density at radius 1 is 1.19 bits per heavy atom. The van der Waals surface area contributed by atoms with Gasteiger partial charge in [0.2, 0.25) is 0 Å². The molecule has 1 N–H and O–H groups in total. The molecule has 0 radical (unpaired) electrons. The van der Waals surface area contributed by atoms with Gasteiger partial charge >= 0.3 is 0 Å². The summed E-state index contributed by atoms with van der Waals surface area (Å²) in [5, 5.41) is 3.55. The second kappa shape index (κ2) is 6.93. The van der Waals surface area contributed by atoms with Gasteiger partial charge in [-0.2, -0.15) is 0 Å². The molecule has 1 atom stereocenters. The molecule has 118 valence electrons. The monoisotopic (exact) mass is 288 g/mol. The molecule has 0 aromatic heterocycles. The van der Waals surface area contributed by atoms with Gasteiger partial charge in [0.1, 0.15) is 0 Å². The zero-order valence-electron chi connectivity index (χ0n) is 14.4. The van der Waals surface area contributed by atoms with Crippen molar-refractivity contribution in [3.8, 4) is 0 Å². The number of nitrogens with one attached hydrogen (secondary N) is 1.